The van der Waals surface area contributed by atoms with E-state index in [-0.39, 0.29) is 5.91 Å². The average molecular weight is 353 g/mol. The van der Waals surface area contributed by atoms with Gasteiger partial charge in [-0.2, -0.15) is 0 Å². The van der Waals surface area contributed by atoms with Crippen LogP contribution in [0.1, 0.15) is 22.6 Å². The quantitative estimate of drug-likeness (QED) is 0.663. The van der Waals surface area contributed by atoms with Gasteiger partial charge in [-0.05, 0) is 37.6 Å². The molecule has 0 saturated carbocycles. The molecule has 0 aliphatic carbocycles. The highest BCUT2D eigenvalue weighted by molar-refractivity contribution is 5.97. The van der Waals surface area contributed by atoms with Crippen molar-refractivity contribution in [1.29, 1.82) is 0 Å². The molecule has 1 heterocycles. The van der Waals surface area contributed by atoms with Gasteiger partial charge in [0.15, 0.2) is 0 Å². The molecule has 0 radical (unpaired) electrons. The van der Waals surface area contributed by atoms with E-state index in [2.05, 4.69) is 20.9 Å². The third-order valence-electron chi connectivity index (χ3n) is 4.34. The predicted octanol–water partition coefficient (Wildman–Crippen LogP) is 3.18. The number of para-hydroxylation sites is 2. The van der Waals surface area contributed by atoms with E-state index in [1.54, 1.807) is 32.4 Å². The molecule has 0 aliphatic rings. The van der Waals surface area contributed by atoms with Crippen LogP contribution in [-0.2, 0) is 6.54 Å². The third kappa shape index (κ3) is 3.64. The fourth-order valence-electron chi connectivity index (χ4n) is 3.00. The number of amides is 1. The molecule has 136 valence electrons. The molecular formula is C20H23N3O3. The first kappa shape index (κ1) is 17.8. The first-order chi connectivity index (χ1) is 12.6. The normalized spacial score (nSPS) is 10.7. The van der Waals surface area contributed by atoms with Crippen molar-refractivity contribution in [2.45, 2.75) is 19.9 Å². The van der Waals surface area contributed by atoms with Crippen molar-refractivity contribution in [1.82, 2.24) is 14.9 Å². The van der Waals surface area contributed by atoms with Crippen LogP contribution in [0.4, 0.5) is 0 Å². The van der Waals surface area contributed by atoms with Gasteiger partial charge in [-0.1, -0.05) is 12.1 Å². The molecule has 1 N–H and O–H groups in total. The highest BCUT2D eigenvalue weighted by Gasteiger charge is 2.13. The van der Waals surface area contributed by atoms with Gasteiger partial charge in [0.1, 0.15) is 17.3 Å². The molecule has 0 bridgehead atoms. The molecule has 0 spiro atoms. The minimum atomic E-state index is -0.156. The Kier molecular flexibility index (Phi) is 5.41. The summed E-state index contributed by atoms with van der Waals surface area (Å²) in [5.74, 6) is 1.98. The molecule has 6 heteroatoms. The fourth-order valence-corrected chi connectivity index (χ4v) is 3.00. The molecule has 1 aromatic heterocycles. The number of hydrogen-bond donors (Lipinski definition) is 1. The fraction of sp³-hybridized carbons (Fsp3) is 0.300. The summed E-state index contributed by atoms with van der Waals surface area (Å²) in [5.41, 5.74) is 2.61. The van der Waals surface area contributed by atoms with Crippen LogP contribution in [0.3, 0.4) is 0 Å². The van der Waals surface area contributed by atoms with Crippen LogP contribution in [0.15, 0.2) is 42.5 Å². The standard InChI is InChI=1S/C20H23N3O3/c1-14-22-17-7-4-5-8-18(17)23(14)12-6-11-21-20(24)16-10-9-15(25-2)13-19(16)26-3/h4-5,7-10,13H,6,11-12H2,1-3H3,(H,21,24). The predicted molar refractivity (Wildman–Crippen MR) is 101 cm³/mol. The van der Waals surface area contributed by atoms with Gasteiger partial charge in [-0.15, -0.1) is 0 Å². The molecule has 0 fully saturated rings. The Morgan fingerprint density at radius 2 is 1.96 bits per heavy atom. The summed E-state index contributed by atoms with van der Waals surface area (Å²) in [5, 5.41) is 2.95. The number of benzene rings is 2. The van der Waals surface area contributed by atoms with E-state index in [4.69, 9.17) is 9.47 Å². The Labute approximate surface area is 152 Å². The number of nitrogens with zero attached hydrogens (tertiary/aromatic N) is 2. The van der Waals surface area contributed by atoms with Gasteiger partial charge in [-0.25, -0.2) is 4.98 Å². The van der Waals surface area contributed by atoms with Gasteiger partial charge in [0.25, 0.3) is 5.91 Å². The zero-order valence-electron chi connectivity index (χ0n) is 15.3. The number of nitrogens with one attached hydrogen (secondary N) is 1. The number of aromatic nitrogens is 2. The summed E-state index contributed by atoms with van der Waals surface area (Å²) in [4.78, 5) is 17.0. The number of aryl methyl sites for hydroxylation is 2. The minimum absolute atomic E-state index is 0.156. The summed E-state index contributed by atoms with van der Waals surface area (Å²) in [7, 11) is 3.12. The molecule has 6 nitrogen and oxygen atoms in total. The molecule has 0 unspecified atom stereocenters. The van der Waals surface area contributed by atoms with Crippen LogP contribution in [0.25, 0.3) is 11.0 Å². The number of fused-ring (bicyclic) bond motifs is 1. The van der Waals surface area contributed by atoms with E-state index in [1.807, 2.05) is 25.1 Å². The molecule has 3 rings (SSSR count). The van der Waals surface area contributed by atoms with E-state index in [0.29, 0.717) is 23.6 Å². The lowest BCUT2D eigenvalue weighted by Crippen LogP contribution is -2.25. The molecule has 0 aliphatic heterocycles. The summed E-state index contributed by atoms with van der Waals surface area (Å²) >= 11 is 0. The molecular weight excluding hydrogens is 330 g/mol. The first-order valence-corrected chi connectivity index (χ1v) is 8.56. The van der Waals surface area contributed by atoms with Crippen LogP contribution in [-0.4, -0.2) is 36.2 Å². The van der Waals surface area contributed by atoms with E-state index in [1.165, 1.54) is 0 Å². The highest BCUT2D eigenvalue weighted by atomic mass is 16.5. The molecule has 0 atom stereocenters. The van der Waals surface area contributed by atoms with Crippen molar-refractivity contribution >= 4 is 16.9 Å². The summed E-state index contributed by atoms with van der Waals surface area (Å²) in [6.07, 6.45) is 0.811. The number of ether oxygens (including phenoxy) is 2. The van der Waals surface area contributed by atoms with Gasteiger partial charge in [-0.3, -0.25) is 4.79 Å². The van der Waals surface area contributed by atoms with Crippen LogP contribution < -0.4 is 14.8 Å². The van der Waals surface area contributed by atoms with E-state index in [0.717, 1.165) is 29.8 Å². The number of methoxy groups -OCH3 is 2. The highest BCUT2D eigenvalue weighted by Crippen LogP contribution is 2.24. The lowest BCUT2D eigenvalue weighted by Gasteiger charge is -2.11. The van der Waals surface area contributed by atoms with Crippen molar-refractivity contribution in [3.8, 4) is 11.5 Å². The maximum Gasteiger partial charge on any atom is 0.255 e. The summed E-state index contributed by atoms with van der Waals surface area (Å²) in [6.45, 7) is 3.37. The monoisotopic (exact) mass is 353 g/mol. The van der Waals surface area contributed by atoms with E-state index >= 15 is 0 Å². The van der Waals surface area contributed by atoms with Crippen LogP contribution in [0.2, 0.25) is 0 Å². The van der Waals surface area contributed by atoms with E-state index in [9.17, 15) is 4.79 Å². The van der Waals surface area contributed by atoms with Gasteiger partial charge >= 0.3 is 0 Å². The van der Waals surface area contributed by atoms with Crippen LogP contribution in [0.5, 0.6) is 11.5 Å². The second-order valence-electron chi connectivity index (χ2n) is 5.98. The Hall–Kier alpha value is -3.02. The molecule has 2 aromatic carbocycles. The zero-order valence-corrected chi connectivity index (χ0v) is 15.3. The molecule has 0 saturated heterocycles. The first-order valence-electron chi connectivity index (χ1n) is 8.56. The Morgan fingerprint density at radius 1 is 1.15 bits per heavy atom. The number of imidazole rings is 1. The molecule has 3 aromatic rings. The van der Waals surface area contributed by atoms with Crippen LogP contribution >= 0.6 is 0 Å². The lowest BCUT2D eigenvalue weighted by molar-refractivity contribution is 0.0949. The maximum atomic E-state index is 12.4. The zero-order chi connectivity index (χ0) is 18.5. The van der Waals surface area contributed by atoms with Crippen molar-refractivity contribution in [3.63, 3.8) is 0 Å². The largest absolute Gasteiger partial charge is 0.497 e. The van der Waals surface area contributed by atoms with Gasteiger partial charge in [0, 0.05) is 19.2 Å². The SMILES string of the molecule is COc1ccc(C(=O)NCCCn2c(C)nc3ccccc32)c(OC)c1. The summed E-state index contributed by atoms with van der Waals surface area (Å²) in [6, 6.07) is 13.2. The number of hydrogen-bond acceptors (Lipinski definition) is 4. The van der Waals surface area contributed by atoms with Crippen molar-refractivity contribution in [3.05, 3.63) is 53.9 Å². The summed E-state index contributed by atoms with van der Waals surface area (Å²) < 4.78 is 12.6. The smallest absolute Gasteiger partial charge is 0.255 e. The molecule has 26 heavy (non-hydrogen) atoms. The topological polar surface area (TPSA) is 65.4 Å². The minimum Gasteiger partial charge on any atom is -0.497 e. The number of carbonyl (C=O) groups is 1. The molecule has 1 amide bonds. The third-order valence-corrected chi connectivity index (χ3v) is 4.34. The average Bonchev–Trinajstić information content (AvgIpc) is 2.99. The van der Waals surface area contributed by atoms with Crippen molar-refractivity contribution in [2.75, 3.05) is 20.8 Å². The Morgan fingerprint density at radius 3 is 2.73 bits per heavy atom. The van der Waals surface area contributed by atoms with Gasteiger partial charge in [0.2, 0.25) is 0 Å². The van der Waals surface area contributed by atoms with Gasteiger partial charge < -0.3 is 19.4 Å². The maximum absolute atomic E-state index is 12.4. The van der Waals surface area contributed by atoms with E-state index < -0.39 is 0 Å². The number of rotatable bonds is 7. The lowest BCUT2D eigenvalue weighted by atomic mass is 10.1. The van der Waals surface area contributed by atoms with Crippen molar-refractivity contribution in [2.24, 2.45) is 0 Å². The van der Waals surface area contributed by atoms with Gasteiger partial charge in [0.05, 0.1) is 30.8 Å². The second kappa shape index (κ2) is 7.91. The second-order valence-corrected chi connectivity index (χ2v) is 5.98. The Balaban J connectivity index is 1.60. The van der Waals surface area contributed by atoms with Crippen molar-refractivity contribution < 1.29 is 14.3 Å². The number of carbonyl (C=O) groups excluding carboxylic acids is 1. The Bertz CT molecular complexity index is 918. The van der Waals surface area contributed by atoms with Crippen LogP contribution in [0, 0.1) is 6.92 Å².